The molecule has 0 aromatic rings. The van der Waals surface area contributed by atoms with E-state index in [0.29, 0.717) is 18.3 Å². The van der Waals surface area contributed by atoms with Crippen molar-refractivity contribution in [3.8, 4) is 0 Å². The standard InChI is InChI=1S/C34H55NO4/c1-29(2)25-10-13-34(7)27(32(25,5)12-11-26(29)37)24(36)20-22-23-21-31(4,28(38)39-19-18-35(8)9)15-14-30(23,3)16-17-33(22,34)6/h20,23,25-27,37H,10-19,21H2,1-9H3/t23-,25-,26-,27+,30+,31-,32-,33+,34+/m0/s1. The summed E-state index contributed by atoms with van der Waals surface area (Å²) in [6.45, 7) is 17.4. The lowest BCUT2D eigenvalue weighted by Crippen LogP contribution is -2.66. The predicted octanol–water partition coefficient (Wildman–Crippen LogP) is 6.43. The second kappa shape index (κ2) is 9.15. The fourth-order valence-electron chi connectivity index (χ4n) is 10.8. The Morgan fingerprint density at radius 1 is 0.974 bits per heavy atom. The summed E-state index contributed by atoms with van der Waals surface area (Å²) in [5.74, 6) is 0.807. The van der Waals surface area contributed by atoms with Crippen molar-refractivity contribution < 1.29 is 19.4 Å². The van der Waals surface area contributed by atoms with Crippen molar-refractivity contribution in [2.75, 3.05) is 27.2 Å². The van der Waals surface area contributed by atoms with Gasteiger partial charge in [0.2, 0.25) is 0 Å². The summed E-state index contributed by atoms with van der Waals surface area (Å²) in [6, 6.07) is 0. The maximum atomic E-state index is 14.4. The van der Waals surface area contributed by atoms with Gasteiger partial charge >= 0.3 is 5.97 Å². The molecule has 5 aliphatic carbocycles. The van der Waals surface area contributed by atoms with E-state index in [4.69, 9.17) is 4.74 Å². The molecule has 0 amide bonds. The third kappa shape index (κ3) is 4.06. The summed E-state index contributed by atoms with van der Waals surface area (Å²) < 4.78 is 5.81. The molecule has 0 saturated heterocycles. The fourth-order valence-corrected chi connectivity index (χ4v) is 10.8. The number of rotatable bonds is 4. The number of esters is 1. The normalized spacial score (nSPS) is 48.8. The number of aliphatic hydroxyl groups excluding tert-OH is 1. The summed E-state index contributed by atoms with van der Waals surface area (Å²) in [6.07, 6.45) is 10.5. The predicted molar refractivity (Wildman–Crippen MR) is 155 cm³/mol. The Balaban J connectivity index is 1.51. The number of aliphatic hydroxyl groups is 1. The van der Waals surface area contributed by atoms with E-state index in [-0.39, 0.29) is 51.0 Å². The smallest absolute Gasteiger partial charge is 0.311 e. The summed E-state index contributed by atoms with van der Waals surface area (Å²) in [5.41, 5.74) is 0.499. The minimum Gasteiger partial charge on any atom is -0.464 e. The number of likely N-dealkylation sites (N-methyl/N-ethyl adjacent to an activating group) is 1. The summed E-state index contributed by atoms with van der Waals surface area (Å²) >= 11 is 0. The Labute approximate surface area is 237 Å². The molecule has 0 bridgehead atoms. The van der Waals surface area contributed by atoms with Crippen LogP contribution in [0.25, 0.3) is 0 Å². The van der Waals surface area contributed by atoms with Crippen molar-refractivity contribution in [1.29, 1.82) is 0 Å². The van der Waals surface area contributed by atoms with E-state index in [1.54, 1.807) is 0 Å². The second-order valence-corrected chi connectivity index (χ2v) is 16.6. The van der Waals surface area contributed by atoms with Crippen LogP contribution in [-0.2, 0) is 14.3 Å². The molecule has 5 nitrogen and oxygen atoms in total. The molecule has 4 fully saturated rings. The Morgan fingerprint density at radius 3 is 2.31 bits per heavy atom. The lowest BCUT2D eigenvalue weighted by molar-refractivity contribution is -0.202. The SMILES string of the molecule is CN(C)CCOC(=O)[C@@]1(C)CC[C@]2(C)CC[C@]3(C)C(=CC(=O)[C@@H]4[C@@]5(C)CC[C@H](O)C(C)(C)[C@@H]5CC[C@]43C)[C@@H]2C1. The minimum atomic E-state index is -0.510. The first-order valence-corrected chi connectivity index (χ1v) is 15.7. The van der Waals surface area contributed by atoms with Crippen molar-refractivity contribution in [2.45, 2.75) is 112 Å². The van der Waals surface area contributed by atoms with Crippen molar-refractivity contribution in [2.24, 2.45) is 50.2 Å². The van der Waals surface area contributed by atoms with Crippen LogP contribution in [0.1, 0.15) is 106 Å². The average Bonchev–Trinajstić information content (AvgIpc) is 2.84. The number of fused-ring (bicyclic) bond motifs is 7. The maximum Gasteiger partial charge on any atom is 0.311 e. The largest absolute Gasteiger partial charge is 0.464 e. The van der Waals surface area contributed by atoms with Crippen molar-refractivity contribution in [1.82, 2.24) is 4.90 Å². The fraction of sp³-hybridized carbons (Fsp3) is 0.882. The van der Waals surface area contributed by atoms with E-state index < -0.39 is 5.41 Å². The molecule has 0 aromatic carbocycles. The van der Waals surface area contributed by atoms with Crippen LogP contribution in [-0.4, -0.2) is 55.1 Å². The Hall–Kier alpha value is -1.20. The third-order valence-corrected chi connectivity index (χ3v) is 13.8. The molecule has 4 saturated carbocycles. The van der Waals surface area contributed by atoms with E-state index in [0.717, 1.165) is 64.3 Å². The van der Waals surface area contributed by atoms with Gasteiger partial charge in [-0.15, -0.1) is 0 Å². The molecule has 1 N–H and O–H groups in total. The number of carbonyl (C=O) groups is 2. The third-order valence-electron chi connectivity index (χ3n) is 13.8. The van der Waals surface area contributed by atoms with Crippen molar-refractivity contribution in [3.05, 3.63) is 11.6 Å². The van der Waals surface area contributed by atoms with Gasteiger partial charge in [0.15, 0.2) is 5.78 Å². The van der Waals surface area contributed by atoms with Gasteiger partial charge in [-0.3, -0.25) is 9.59 Å². The first-order valence-electron chi connectivity index (χ1n) is 15.7. The van der Waals surface area contributed by atoms with Crippen LogP contribution in [0.5, 0.6) is 0 Å². The minimum absolute atomic E-state index is 0.0143. The van der Waals surface area contributed by atoms with Crippen molar-refractivity contribution in [3.63, 3.8) is 0 Å². The lowest BCUT2D eigenvalue weighted by Gasteiger charge is -2.70. The van der Waals surface area contributed by atoms with E-state index in [9.17, 15) is 14.7 Å². The maximum absolute atomic E-state index is 14.4. The van der Waals surface area contributed by atoms with E-state index in [1.165, 1.54) is 5.57 Å². The molecule has 0 radical (unpaired) electrons. The van der Waals surface area contributed by atoms with Gasteiger partial charge in [-0.05, 0) is 124 Å². The van der Waals surface area contributed by atoms with Crippen LogP contribution in [0, 0.1) is 50.2 Å². The zero-order chi connectivity index (χ0) is 28.8. The molecule has 0 heterocycles. The zero-order valence-corrected chi connectivity index (χ0v) is 26.3. The zero-order valence-electron chi connectivity index (χ0n) is 26.3. The van der Waals surface area contributed by atoms with Gasteiger partial charge in [-0.2, -0.15) is 0 Å². The molecular formula is C34H55NO4. The average molecular weight is 542 g/mol. The monoisotopic (exact) mass is 541 g/mol. The quantitative estimate of drug-likeness (QED) is 0.415. The van der Waals surface area contributed by atoms with Gasteiger partial charge in [0, 0.05) is 12.5 Å². The molecule has 0 spiro atoms. The molecule has 39 heavy (non-hydrogen) atoms. The molecule has 5 aliphatic rings. The van der Waals surface area contributed by atoms with Gasteiger partial charge in [0.1, 0.15) is 6.61 Å². The summed E-state index contributed by atoms with van der Waals surface area (Å²) in [5, 5.41) is 11.0. The molecule has 220 valence electrons. The molecule has 5 rings (SSSR count). The van der Waals surface area contributed by atoms with Gasteiger partial charge in [0.25, 0.3) is 0 Å². The van der Waals surface area contributed by atoms with Crippen LogP contribution < -0.4 is 0 Å². The number of ketones is 1. The Kier molecular flexibility index (Phi) is 6.87. The first-order chi connectivity index (χ1) is 17.9. The molecular weight excluding hydrogens is 486 g/mol. The van der Waals surface area contributed by atoms with Crippen LogP contribution in [0.3, 0.4) is 0 Å². The Bertz CT molecular complexity index is 1060. The molecule has 5 heteroatoms. The Morgan fingerprint density at radius 2 is 1.64 bits per heavy atom. The molecule has 9 atom stereocenters. The molecule has 0 unspecified atom stereocenters. The number of allylic oxidation sites excluding steroid dienone is 2. The van der Waals surface area contributed by atoms with Gasteiger partial charge < -0.3 is 14.7 Å². The van der Waals surface area contributed by atoms with Crippen LogP contribution in [0.2, 0.25) is 0 Å². The van der Waals surface area contributed by atoms with Crippen LogP contribution in [0.4, 0.5) is 0 Å². The topological polar surface area (TPSA) is 66.8 Å². The number of ether oxygens (including phenoxy) is 1. The molecule has 0 aliphatic heterocycles. The lowest BCUT2D eigenvalue weighted by atomic mass is 9.33. The van der Waals surface area contributed by atoms with Crippen molar-refractivity contribution >= 4 is 11.8 Å². The highest BCUT2D eigenvalue weighted by Crippen LogP contribution is 2.75. The second-order valence-electron chi connectivity index (χ2n) is 16.6. The van der Waals surface area contributed by atoms with E-state index in [1.807, 2.05) is 19.0 Å². The number of hydrogen-bond donors (Lipinski definition) is 1. The van der Waals surface area contributed by atoms with E-state index in [2.05, 4.69) is 54.5 Å². The number of nitrogens with zero attached hydrogens (tertiary/aromatic N) is 1. The highest BCUT2D eigenvalue weighted by molar-refractivity contribution is 5.95. The highest BCUT2D eigenvalue weighted by atomic mass is 16.5. The van der Waals surface area contributed by atoms with Gasteiger partial charge in [-0.25, -0.2) is 0 Å². The number of hydrogen-bond acceptors (Lipinski definition) is 5. The first kappa shape index (κ1) is 29.3. The summed E-state index contributed by atoms with van der Waals surface area (Å²) in [4.78, 5) is 29.9. The van der Waals surface area contributed by atoms with Gasteiger partial charge in [0.05, 0.1) is 11.5 Å². The van der Waals surface area contributed by atoms with Crippen LogP contribution >= 0.6 is 0 Å². The van der Waals surface area contributed by atoms with Gasteiger partial charge in [-0.1, -0.05) is 47.1 Å². The number of carbonyl (C=O) groups excluding carboxylic acids is 2. The molecule has 0 aromatic heterocycles. The highest BCUT2D eigenvalue weighted by Gasteiger charge is 2.70. The van der Waals surface area contributed by atoms with Crippen LogP contribution in [0.15, 0.2) is 11.6 Å². The summed E-state index contributed by atoms with van der Waals surface area (Å²) in [7, 11) is 3.99. The van der Waals surface area contributed by atoms with E-state index >= 15 is 0 Å².